The monoisotopic (exact) mass is 300 g/mol. The summed E-state index contributed by atoms with van der Waals surface area (Å²) in [6.07, 6.45) is 5.78. The van der Waals surface area contributed by atoms with Crippen LogP contribution in [0.15, 0.2) is 44.2 Å². The van der Waals surface area contributed by atoms with Gasteiger partial charge in [-0.1, -0.05) is 0 Å². The molecule has 0 aliphatic carbocycles. The van der Waals surface area contributed by atoms with E-state index in [1.807, 2.05) is 6.07 Å². The summed E-state index contributed by atoms with van der Waals surface area (Å²) in [5.41, 5.74) is 0.668. The maximum Gasteiger partial charge on any atom is 0.336 e. The normalized spacial score (nSPS) is 11.1. The van der Waals surface area contributed by atoms with Gasteiger partial charge in [0.1, 0.15) is 23.2 Å². The zero-order valence-electron chi connectivity index (χ0n) is 12.0. The first-order chi connectivity index (χ1) is 10.8. The zero-order chi connectivity index (χ0) is 15.4. The van der Waals surface area contributed by atoms with Crippen LogP contribution < -0.4 is 10.4 Å². The van der Waals surface area contributed by atoms with Crippen molar-refractivity contribution in [2.24, 2.45) is 0 Å². The Morgan fingerprint density at radius 3 is 2.77 bits per heavy atom. The van der Waals surface area contributed by atoms with Gasteiger partial charge in [0.15, 0.2) is 0 Å². The fourth-order valence-corrected chi connectivity index (χ4v) is 2.45. The third-order valence-electron chi connectivity index (χ3n) is 3.52. The molecule has 3 aromatic rings. The first-order valence-corrected chi connectivity index (χ1v) is 7.30. The van der Waals surface area contributed by atoms with Crippen molar-refractivity contribution in [3.63, 3.8) is 0 Å². The van der Waals surface area contributed by atoms with Gasteiger partial charge in [0, 0.05) is 18.6 Å². The minimum Gasteiger partial charge on any atom is -0.492 e. The van der Waals surface area contributed by atoms with Crippen molar-refractivity contribution in [1.29, 1.82) is 0 Å². The summed E-state index contributed by atoms with van der Waals surface area (Å²) in [4.78, 5) is 21.6. The maximum atomic E-state index is 11.4. The van der Waals surface area contributed by atoms with E-state index in [1.165, 1.54) is 6.07 Å². The molecule has 0 aliphatic rings. The fraction of sp³-hybridized carbons (Fsp3) is 0.294. The molecule has 0 bridgehead atoms. The van der Waals surface area contributed by atoms with Crippen molar-refractivity contribution in [3.05, 3.63) is 40.9 Å². The van der Waals surface area contributed by atoms with Crippen molar-refractivity contribution in [2.45, 2.75) is 25.7 Å². The third-order valence-corrected chi connectivity index (χ3v) is 3.52. The number of unbranched alkanes of at least 4 members (excludes halogenated alkanes) is 3. The smallest absolute Gasteiger partial charge is 0.336 e. The van der Waals surface area contributed by atoms with Gasteiger partial charge in [-0.3, -0.25) is 0 Å². The van der Waals surface area contributed by atoms with Crippen LogP contribution in [0.25, 0.3) is 21.9 Å². The molecule has 1 aromatic carbocycles. The molecule has 5 heteroatoms. The van der Waals surface area contributed by atoms with Gasteiger partial charge in [-0.2, -0.15) is 0 Å². The molecule has 2 heterocycles. The molecular formula is C17H16O5. The van der Waals surface area contributed by atoms with E-state index in [-0.39, 0.29) is 0 Å². The second-order valence-corrected chi connectivity index (χ2v) is 5.07. The van der Waals surface area contributed by atoms with Crippen LogP contribution in [-0.4, -0.2) is 12.9 Å². The number of benzene rings is 1. The second kappa shape index (κ2) is 6.47. The van der Waals surface area contributed by atoms with Crippen molar-refractivity contribution in [2.75, 3.05) is 6.61 Å². The Kier molecular flexibility index (Phi) is 4.23. The lowest BCUT2D eigenvalue weighted by atomic mass is 10.1. The Bertz CT molecular complexity index is 843. The molecule has 3 rings (SSSR count). The Morgan fingerprint density at radius 2 is 1.91 bits per heavy atom. The Hall–Kier alpha value is -2.56. The molecule has 5 nitrogen and oxygen atoms in total. The molecule has 0 atom stereocenters. The van der Waals surface area contributed by atoms with Crippen LogP contribution in [-0.2, 0) is 4.79 Å². The third kappa shape index (κ3) is 2.88. The van der Waals surface area contributed by atoms with Crippen LogP contribution in [0.4, 0.5) is 0 Å². The number of aldehydes is 1. The molecule has 0 N–H and O–H groups in total. The van der Waals surface area contributed by atoms with E-state index in [2.05, 4.69) is 0 Å². The summed E-state index contributed by atoms with van der Waals surface area (Å²) in [5.74, 6) is 0.667. The van der Waals surface area contributed by atoms with E-state index in [1.54, 1.807) is 18.4 Å². The largest absolute Gasteiger partial charge is 0.492 e. The lowest BCUT2D eigenvalue weighted by Gasteiger charge is -2.09. The number of carbonyl (C=O) groups excluding carboxylic acids is 1. The van der Waals surface area contributed by atoms with Gasteiger partial charge in [0.2, 0.25) is 0 Å². The lowest BCUT2D eigenvalue weighted by molar-refractivity contribution is -0.107. The molecule has 0 amide bonds. The summed E-state index contributed by atoms with van der Waals surface area (Å²) >= 11 is 0. The quantitative estimate of drug-likeness (QED) is 0.378. The van der Waals surface area contributed by atoms with Gasteiger partial charge >= 0.3 is 5.63 Å². The SMILES string of the molecule is O=CCCCCCOc1c2ccoc2cc2oc(=O)ccc12. The van der Waals surface area contributed by atoms with Crippen molar-refractivity contribution in [1.82, 2.24) is 0 Å². The average Bonchev–Trinajstić information content (AvgIpc) is 2.97. The van der Waals surface area contributed by atoms with Gasteiger partial charge in [-0.15, -0.1) is 0 Å². The van der Waals surface area contributed by atoms with Crippen LogP contribution in [0.2, 0.25) is 0 Å². The summed E-state index contributed by atoms with van der Waals surface area (Å²) in [7, 11) is 0. The second-order valence-electron chi connectivity index (χ2n) is 5.07. The lowest BCUT2D eigenvalue weighted by Crippen LogP contribution is -2.00. The summed E-state index contributed by atoms with van der Waals surface area (Å²) in [5, 5.41) is 1.61. The van der Waals surface area contributed by atoms with E-state index in [9.17, 15) is 9.59 Å². The Labute approximate surface area is 126 Å². The average molecular weight is 300 g/mol. The molecule has 0 saturated heterocycles. The molecule has 0 spiro atoms. The fourth-order valence-electron chi connectivity index (χ4n) is 2.45. The van der Waals surface area contributed by atoms with Crippen LogP contribution in [0, 0.1) is 0 Å². The van der Waals surface area contributed by atoms with E-state index < -0.39 is 5.63 Å². The van der Waals surface area contributed by atoms with Crippen LogP contribution in [0.3, 0.4) is 0 Å². The number of carbonyl (C=O) groups is 1. The predicted octanol–water partition coefficient (Wildman–Crippen LogP) is 3.68. The number of fused-ring (bicyclic) bond motifs is 2. The zero-order valence-corrected chi connectivity index (χ0v) is 12.0. The molecule has 2 aromatic heterocycles. The molecule has 114 valence electrons. The number of hydrogen-bond donors (Lipinski definition) is 0. The standard InChI is InChI=1S/C17H16O5/c18-8-3-1-2-4-9-21-17-12-5-6-16(19)22-15(12)11-14-13(17)7-10-20-14/h5-8,10-11H,1-4,9H2. The molecular weight excluding hydrogens is 284 g/mol. The van der Waals surface area contributed by atoms with Gasteiger partial charge in [0.25, 0.3) is 0 Å². The van der Waals surface area contributed by atoms with Gasteiger partial charge in [-0.25, -0.2) is 4.79 Å². The van der Waals surface area contributed by atoms with E-state index in [4.69, 9.17) is 13.6 Å². The topological polar surface area (TPSA) is 69.7 Å². The summed E-state index contributed by atoms with van der Waals surface area (Å²) in [6.45, 7) is 0.539. The highest BCUT2D eigenvalue weighted by Crippen LogP contribution is 2.35. The number of ether oxygens (including phenoxy) is 1. The molecule has 22 heavy (non-hydrogen) atoms. The van der Waals surface area contributed by atoms with Gasteiger partial charge in [0.05, 0.1) is 23.6 Å². The van der Waals surface area contributed by atoms with Gasteiger partial charge in [-0.05, 0) is 31.4 Å². The number of hydrogen-bond acceptors (Lipinski definition) is 5. The highest BCUT2D eigenvalue weighted by molar-refractivity contribution is 6.01. The van der Waals surface area contributed by atoms with Crippen LogP contribution in [0.5, 0.6) is 5.75 Å². The Balaban J connectivity index is 1.86. The molecule has 0 radical (unpaired) electrons. The van der Waals surface area contributed by atoms with E-state index in [0.717, 1.165) is 36.3 Å². The molecule has 0 unspecified atom stereocenters. The van der Waals surface area contributed by atoms with Crippen LogP contribution >= 0.6 is 0 Å². The Morgan fingerprint density at radius 1 is 1.05 bits per heavy atom. The highest BCUT2D eigenvalue weighted by Gasteiger charge is 2.13. The number of rotatable bonds is 7. The summed E-state index contributed by atoms with van der Waals surface area (Å²) < 4.78 is 16.5. The van der Waals surface area contributed by atoms with E-state index >= 15 is 0 Å². The molecule has 0 fully saturated rings. The molecule has 0 aliphatic heterocycles. The first-order valence-electron chi connectivity index (χ1n) is 7.30. The number of furan rings is 1. The predicted molar refractivity (Wildman–Crippen MR) is 82.3 cm³/mol. The van der Waals surface area contributed by atoms with Crippen LogP contribution in [0.1, 0.15) is 25.7 Å². The minimum absolute atomic E-state index is 0.404. The maximum absolute atomic E-state index is 11.4. The molecule has 0 saturated carbocycles. The van der Waals surface area contributed by atoms with Gasteiger partial charge < -0.3 is 18.4 Å². The summed E-state index contributed by atoms with van der Waals surface area (Å²) in [6, 6.07) is 6.62. The minimum atomic E-state index is -0.404. The highest BCUT2D eigenvalue weighted by atomic mass is 16.5. The first kappa shape index (κ1) is 14.4. The van der Waals surface area contributed by atoms with Crippen molar-refractivity contribution >= 4 is 28.2 Å². The van der Waals surface area contributed by atoms with E-state index in [0.29, 0.717) is 29.9 Å². The van der Waals surface area contributed by atoms with Crippen molar-refractivity contribution in [3.8, 4) is 5.75 Å². The van der Waals surface area contributed by atoms with Crippen molar-refractivity contribution < 1.29 is 18.4 Å².